The quantitative estimate of drug-likeness (QED) is 0.433. The van der Waals surface area contributed by atoms with Gasteiger partial charge in [-0.15, -0.1) is 0 Å². The molecule has 0 saturated carbocycles. The lowest BCUT2D eigenvalue weighted by Crippen LogP contribution is -2.10. The van der Waals surface area contributed by atoms with Crippen molar-refractivity contribution in [1.29, 1.82) is 0 Å². The SMILES string of the molecule is CCCCC(CC)Cn1c2ccc(C(C)=O)cc2c2cc(C(C)=O)ccc21. The molecule has 1 unspecified atom stereocenters. The topological polar surface area (TPSA) is 39.1 Å². The van der Waals surface area contributed by atoms with Crippen molar-refractivity contribution in [2.45, 2.75) is 59.9 Å². The number of hydrogen-bond donors (Lipinski definition) is 0. The molecular weight excluding hydrogens is 334 g/mol. The Bertz CT molecular complexity index is 925. The summed E-state index contributed by atoms with van der Waals surface area (Å²) in [6.45, 7) is 8.66. The number of ketones is 2. The van der Waals surface area contributed by atoms with E-state index in [9.17, 15) is 9.59 Å². The van der Waals surface area contributed by atoms with E-state index in [2.05, 4.69) is 30.5 Å². The standard InChI is InChI=1S/C24H29NO2/c1-5-7-8-18(6-2)15-25-23-11-9-19(16(3)26)13-21(23)22-14-20(17(4)27)10-12-24(22)25/h9-14,18H,5-8,15H2,1-4H3. The van der Waals surface area contributed by atoms with Gasteiger partial charge in [0.05, 0.1) is 0 Å². The third kappa shape index (κ3) is 3.83. The fraction of sp³-hybridized carbons (Fsp3) is 0.417. The van der Waals surface area contributed by atoms with Crippen LogP contribution in [0.4, 0.5) is 0 Å². The molecule has 1 heterocycles. The third-order valence-corrected chi connectivity index (χ3v) is 5.66. The van der Waals surface area contributed by atoms with Crippen LogP contribution in [0.15, 0.2) is 36.4 Å². The fourth-order valence-corrected chi connectivity index (χ4v) is 3.91. The number of hydrogen-bond acceptors (Lipinski definition) is 2. The Kier molecular flexibility index (Phi) is 5.79. The minimum absolute atomic E-state index is 0.0647. The summed E-state index contributed by atoms with van der Waals surface area (Å²) in [7, 11) is 0. The van der Waals surface area contributed by atoms with Crippen LogP contribution in [0.3, 0.4) is 0 Å². The van der Waals surface area contributed by atoms with E-state index in [4.69, 9.17) is 0 Å². The maximum atomic E-state index is 11.9. The lowest BCUT2D eigenvalue weighted by Gasteiger charge is -2.17. The van der Waals surface area contributed by atoms with Gasteiger partial charge in [-0.25, -0.2) is 0 Å². The number of unbranched alkanes of at least 4 members (excludes halogenated alkanes) is 1. The maximum Gasteiger partial charge on any atom is 0.159 e. The molecule has 0 radical (unpaired) electrons. The number of Topliss-reactive ketones (excluding diaryl/α,β-unsaturated/α-hetero) is 2. The number of fused-ring (bicyclic) bond motifs is 3. The summed E-state index contributed by atoms with van der Waals surface area (Å²) in [4.78, 5) is 23.8. The van der Waals surface area contributed by atoms with Gasteiger partial charge in [0, 0.05) is 39.5 Å². The summed E-state index contributed by atoms with van der Waals surface area (Å²) in [6, 6.07) is 11.9. The molecule has 0 N–H and O–H groups in total. The summed E-state index contributed by atoms with van der Waals surface area (Å²) in [5, 5.41) is 2.12. The van der Waals surface area contributed by atoms with Gasteiger partial charge in [0.15, 0.2) is 11.6 Å². The van der Waals surface area contributed by atoms with Crippen molar-refractivity contribution in [2.75, 3.05) is 0 Å². The van der Waals surface area contributed by atoms with Crippen molar-refractivity contribution in [1.82, 2.24) is 4.57 Å². The Balaban J connectivity index is 2.21. The zero-order valence-electron chi connectivity index (χ0n) is 16.8. The molecule has 0 saturated heterocycles. The molecule has 1 aromatic heterocycles. The highest BCUT2D eigenvalue weighted by Gasteiger charge is 2.16. The highest BCUT2D eigenvalue weighted by atomic mass is 16.1. The minimum atomic E-state index is 0.0647. The minimum Gasteiger partial charge on any atom is -0.340 e. The summed E-state index contributed by atoms with van der Waals surface area (Å²) in [5.41, 5.74) is 3.72. The summed E-state index contributed by atoms with van der Waals surface area (Å²) in [5.74, 6) is 0.758. The zero-order chi connectivity index (χ0) is 19.6. The smallest absolute Gasteiger partial charge is 0.159 e. The maximum absolute atomic E-state index is 11.9. The van der Waals surface area contributed by atoms with Crippen molar-refractivity contribution < 1.29 is 9.59 Å². The number of rotatable bonds is 8. The number of aromatic nitrogens is 1. The Morgan fingerprint density at radius 3 is 1.81 bits per heavy atom. The molecule has 0 aliphatic heterocycles. The average Bonchev–Trinajstić information content (AvgIpc) is 2.97. The molecule has 0 aliphatic rings. The predicted octanol–water partition coefficient (Wildman–Crippen LogP) is 6.42. The number of carbonyl (C=O) groups is 2. The third-order valence-electron chi connectivity index (χ3n) is 5.66. The van der Waals surface area contributed by atoms with Gasteiger partial charge in [-0.05, 0) is 62.6 Å². The molecule has 2 aromatic carbocycles. The van der Waals surface area contributed by atoms with Gasteiger partial charge < -0.3 is 4.57 Å². The van der Waals surface area contributed by atoms with E-state index in [0.717, 1.165) is 34.8 Å². The molecule has 0 bridgehead atoms. The van der Waals surface area contributed by atoms with Gasteiger partial charge in [-0.2, -0.15) is 0 Å². The molecule has 0 spiro atoms. The molecule has 27 heavy (non-hydrogen) atoms. The number of nitrogens with zero attached hydrogens (tertiary/aromatic N) is 1. The highest BCUT2D eigenvalue weighted by Crippen LogP contribution is 2.32. The molecule has 3 rings (SSSR count). The van der Waals surface area contributed by atoms with Crippen molar-refractivity contribution in [3.63, 3.8) is 0 Å². The lowest BCUT2D eigenvalue weighted by molar-refractivity contribution is 0.100. The second kappa shape index (κ2) is 8.08. The first kappa shape index (κ1) is 19.3. The number of carbonyl (C=O) groups excluding carboxylic acids is 2. The Labute approximate surface area is 161 Å². The summed E-state index contributed by atoms with van der Waals surface area (Å²) >= 11 is 0. The predicted molar refractivity (Wildman–Crippen MR) is 113 cm³/mol. The average molecular weight is 364 g/mol. The molecule has 3 heteroatoms. The van der Waals surface area contributed by atoms with Gasteiger partial charge in [0.25, 0.3) is 0 Å². The summed E-state index contributed by atoms with van der Waals surface area (Å²) in [6.07, 6.45) is 4.84. The molecule has 3 aromatic rings. The van der Waals surface area contributed by atoms with Crippen molar-refractivity contribution >= 4 is 33.4 Å². The first-order chi connectivity index (χ1) is 13.0. The molecule has 0 fully saturated rings. The number of benzene rings is 2. The first-order valence-corrected chi connectivity index (χ1v) is 10.0. The van der Waals surface area contributed by atoms with Crippen LogP contribution in [-0.2, 0) is 6.54 Å². The van der Waals surface area contributed by atoms with E-state index < -0.39 is 0 Å². The van der Waals surface area contributed by atoms with Crippen LogP contribution in [0.2, 0.25) is 0 Å². The second-order valence-electron chi connectivity index (χ2n) is 7.60. The van der Waals surface area contributed by atoms with E-state index in [1.54, 1.807) is 13.8 Å². The molecule has 0 amide bonds. The Morgan fingerprint density at radius 1 is 0.889 bits per heavy atom. The first-order valence-electron chi connectivity index (χ1n) is 10.0. The van der Waals surface area contributed by atoms with E-state index >= 15 is 0 Å². The van der Waals surface area contributed by atoms with Crippen molar-refractivity contribution in [3.8, 4) is 0 Å². The lowest BCUT2D eigenvalue weighted by atomic mass is 9.99. The van der Waals surface area contributed by atoms with Gasteiger partial charge in [-0.3, -0.25) is 9.59 Å². The molecule has 1 atom stereocenters. The van der Waals surface area contributed by atoms with Gasteiger partial charge in [-0.1, -0.05) is 33.1 Å². The second-order valence-corrected chi connectivity index (χ2v) is 7.60. The van der Waals surface area contributed by atoms with Crippen LogP contribution in [0.1, 0.15) is 74.1 Å². The van der Waals surface area contributed by atoms with Crippen LogP contribution in [-0.4, -0.2) is 16.1 Å². The van der Waals surface area contributed by atoms with Crippen LogP contribution in [0, 0.1) is 5.92 Å². The highest BCUT2D eigenvalue weighted by molar-refractivity contribution is 6.12. The van der Waals surface area contributed by atoms with Gasteiger partial charge in [0.1, 0.15) is 0 Å². The van der Waals surface area contributed by atoms with Crippen molar-refractivity contribution in [2.24, 2.45) is 5.92 Å². The van der Waals surface area contributed by atoms with Gasteiger partial charge >= 0.3 is 0 Å². The summed E-state index contributed by atoms with van der Waals surface area (Å²) < 4.78 is 2.38. The van der Waals surface area contributed by atoms with Crippen LogP contribution in [0.5, 0.6) is 0 Å². The molecule has 142 valence electrons. The zero-order valence-corrected chi connectivity index (χ0v) is 16.8. The van der Waals surface area contributed by atoms with Crippen LogP contribution >= 0.6 is 0 Å². The van der Waals surface area contributed by atoms with Gasteiger partial charge in [0.2, 0.25) is 0 Å². The Hall–Kier alpha value is -2.42. The normalized spacial score (nSPS) is 12.6. The molecule has 3 nitrogen and oxygen atoms in total. The largest absolute Gasteiger partial charge is 0.340 e. The monoisotopic (exact) mass is 363 g/mol. The van der Waals surface area contributed by atoms with Crippen LogP contribution < -0.4 is 0 Å². The van der Waals surface area contributed by atoms with E-state index in [1.165, 1.54) is 19.3 Å². The van der Waals surface area contributed by atoms with Crippen LogP contribution in [0.25, 0.3) is 21.8 Å². The van der Waals surface area contributed by atoms with E-state index in [1.807, 2.05) is 24.3 Å². The van der Waals surface area contributed by atoms with E-state index in [0.29, 0.717) is 17.0 Å². The van der Waals surface area contributed by atoms with E-state index in [-0.39, 0.29) is 11.6 Å². The molecular formula is C24H29NO2. The molecule has 0 aliphatic carbocycles. The Morgan fingerprint density at radius 2 is 1.41 bits per heavy atom. The van der Waals surface area contributed by atoms with Crippen molar-refractivity contribution in [3.05, 3.63) is 47.5 Å². The fourth-order valence-electron chi connectivity index (χ4n) is 3.91.